The van der Waals surface area contributed by atoms with Gasteiger partial charge in [-0.25, -0.2) is 9.97 Å². The maximum atomic E-state index is 12.6. The number of amides is 1. The summed E-state index contributed by atoms with van der Waals surface area (Å²) in [5.74, 6) is 0.232. The summed E-state index contributed by atoms with van der Waals surface area (Å²) in [6, 6.07) is 19.4. The second-order valence-electron chi connectivity index (χ2n) is 7.03. The number of rotatable bonds is 6. The molecule has 8 nitrogen and oxygen atoms in total. The van der Waals surface area contributed by atoms with Gasteiger partial charge < -0.3 is 15.5 Å². The molecule has 0 aliphatic heterocycles. The molecule has 0 saturated heterocycles. The minimum absolute atomic E-state index is 0.0924. The van der Waals surface area contributed by atoms with Gasteiger partial charge in [-0.2, -0.15) is 0 Å². The third-order valence-electron chi connectivity index (χ3n) is 4.74. The summed E-state index contributed by atoms with van der Waals surface area (Å²) in [6.45, 7) is 0. The average Bonchev–Trinajstić information content (AvgIpc) is 2.81. The SMILES string of the molecule is O=Nc1ccc(-c2nc(-c3ccc(O)cc3)cnc2NC(=O)Cc2ccc(O)cc2)cc1. The van der Waals surface area contributed by atoms with Gasteiger partial charge in [-0.1, -0.05) is 24.3 Å². The molecule has 4 aromatic rings. The van der Waals surface area contributed by atoms with Crippen molar-refractivity contribution in [2.75, 3.05) is 5.32 Å². The van der Waals surface area contributed by atoms with Crippen molar-refractivity contribution in [3.8, 4) is 34.0 Å². The van der Waals surface area contributed by atoms with Gasteiger partial charge in [-0.15, -0.1) is 4.91 Å². The lowest BCUT2D eigenvalue weighted by Gasteiger charge is -2.12. The van der Waals surface area contributed by atoms with Crippen molar-refractivity contribution in [3.63, 3.8) is 0 Å². The fraction of sp³-hybridized carbons (Fsp3) is 0.0417. The largest absolute Gasteiger partial charge is 0.508 e. The average molecular weight is 426 g/mol. The predicted octanol–water partition coefficient (Wildman–Crippen LogP) is 4.80. The number of aromatic nitrogens is 2. The van der Waals surface area contributed by atoms with Crippen molar-refractivity contribution < 1.29 is 15.0 Å². The Labute approximate surface area is 183 Å². The summed E-state index contributed by atoms with van der Waals surface area (Å²) < 4.78 is 0. The van der Waals surface area contributed by atoms with Gasteiger partial charge in [0.2, 0.25) is 5.91 Å². The van der Waals surface area contributed by atoms with E-state index in [0.717, 1.165) is 11.1 Å². The van der Waals surface area contributed by atoms with E-state index in [1.165, 1.54) is 18.3 Å². The van der Waals surface area contributed by atoms with Crippen molar-refractivity contribution >= 4 is 17.4 Å². The molecule has 0 fully saturated rings. The molecule has 4 rings (SSSR count). The first kappa shape index (κ1) is 20.7. The quantitative estimate of drug-likeness (QED) is 0.380. The lowest BCUT2D eigenvalue weighted by atomic mass is 10.1. The lowest BCUT2D eigenvalue weighted by Crippen LogP contribution is -2.16. The smallest absolute Gasteiger partial charge is 0.230 e. The van der Waals surface area contributed by atoms with E-state index in [2.05, 4.69) is 20.5 Å². The molecule has 0 bridgehead atoms. The Bertz CT molecular complexity index is 1250. The molecule has 1 aromatic heterocycles. The number of nitrogens with one attached hydrogen (secondary N) is 1. The molecule has 1 heterocycles. The Kier molecular flexibility index (Phi) is 5.85. The fourth-order valence-electron chi connectivity index (χ4n) is 3.11. The number of hydrogen-bond acceptors (Lipinski definition) is 7. The number of nitrogens with zero attached hydrogens (tertiary/aromatic N) is 3. The van der Waals surface area contributed by atoms with Gasteiger partial charge in [0.25, 0.3) is 0 Å². The van der Waals surface area contributed by atoms with Crippen LogP contribution in [0.2, 0.25) is 0 Å². The standard InChI is InChI=1S/C24H18N4O4/c29-19-9-1-15(2-10-19)13-22(31)27-24-23(17-3-7-18(28-32)8-4-17)26-21(14-25-24)16-5-11-20(30)12-6-16/h1-12,14,29-30H,13H2,(H,25,27,31). The van der Waals surface area contributed by atoms with Crippen LogP contribution >= 0.6 is 0 Å². The van der Waals surface area contributed by atoms with Gasteiger partial charge >= 0.3 is 0 Å². The second-order valence-corrected chi connectivity index (χ2v) is 7.03. The molecule has 0 spiro atoms. The highest BCUT2D eigenvalue weighted by molar-refractivity contribution is 5.94. The van der Waals surface area contributed by atoms with Crippen molar-refractivity contribution in [1.29, 1.82) is 0 Å². The zero-order valence-electron chi connectivity index (χ0n) is 16.8. The number of phenols is 2. The van der Waals surface area contributed by atoms with Crippen molar-refractivity contribution in [2.24, 2.45) is 5.18 Å². The van der Waals surface area contributed by atoms with E-state index in [1.54, 1.807) is 60.7 Å². The van der Waals surface area contributed by atoms with Gasteiger partial charge in [0, 0.05) is 11.1 Å². The highest BCUT2D eigenvalue weighted by atomic mass is 16.3. The molecule has 8 heteroatoms. The van der Waals surface area contributed by atoms with Crippen LogP contribution < -0.4 is 5.32 Å². The number of carbonyl (C=O) groups is 1. The van der Waals surface area contributed by atoms with Gasteiger partial charge in [0.15, 0.2) is 5.82 Å². The van der Waals surface area contributed by atoms with Gasteiger partial charge in [-0.3, -0.25) is 4.79 Å². The molecule has 1 amide bonds. The molecule has 0 saturated carbocycles. The van der Waals surface area contributed by atoms with Crippen LogP contribution in [-0.2, 0) is 11.2 Å². The summed E-state index contributed by atoms with van der Waals surface area (Å²) in [4.78, 5) is 32.5. The summed E-state index contributed by atoms with van der Waals surface area (Å²) in [7, 11) is 0. The summed E-state index contributed by atoms with van der Waals surface area (Å²) in [6.07, 6.45) is 1.63. The van der Waals surface area contributed by atoms with E-state index in [-0.39, 0.29) is 35.3 Å². The molecule has 0 radical (unpaired) electrons. The van der Waals surface area contributed by atoms with Gasteiger partial charge in [-0.05, 0) is 59.3 Å². The van der Waals surface area contributed by atoms with Gasteiger partial charge in [0.1, 0.15) is 22.9 Å². The highest BCUT2D eigenvalue weighted by Gasteiger charge is 2.15. The van der Waals surface area contributed by atoms with E-state index in [1.807, 2.05) is 0 Å². The molecule has 0 atom stereocenters. The van der Waals surface area contributed by atoms with Crippen LogP contribution in [0.15, 0.2) is 84.2 Å². The number of phenolic OH excluding ortho intramolecular Hbond substituents is 2. The molecule has 0 aliphatic rings. The Hall–Kier alpha value is -4.59. The Morgan fingerprint density at radius 1 is 0.844 bits per heavy atom. The number of aromatic hydroxyl groups is 2. The highest BCUT2D eigenvalue weighted by Crippen LogP contribution is 2.30. The molecule has 0 unspecified atom stereocenters. The van der Waals surface area contributed by atoms with Crippen LogP contribution in [-0.4, -0.2) is 26.1 Å². The van der Waals surface area contributed by atoms with Crippen LogP contribution in [0, 0.1) is 4.91 Å². The molecule has 158 valence electrons. The summed E-state index contributed by atoms with van der Waals surface area (Å²) >= 11 is 0. The third kappa shape index (κ3) is 4.76. The monoisotopic (exact) mass is 426 g/mol. The van der Waals surface area contributed by atoms with Crippen LogP contribution in [0.5, 0.6) is 11.5 Å². The second kappa shape index (κ2) is 9.05. The topological polar surface area (TPSA) is 125 Å². The van der Waals surface area contributed by atoms with Crippen LogP contribution in [0.25, 0.3) is 22.5 Å². The summed E-state index contributed by atoms with van der Waals surface area (Å²) in [5.41, 5.74) is 3.36. The number of carbonyl (C=O) groups excluding carboxylic acids is 1. The third-order valence-corrected chi connectivity index (χ3v) is 4.74. The first-order chi connectivity index (χ1) is 15.5. The minimum Gasteiger partial charge on any atom is -0.508 e. The first-order valence-corrected chi connectivity index (χ1v) is 9.70. The van der Waals surface area contributed by atoms with Crippen LogP contribution in [0.3, 0.4) is 0 Å². The normalized spacial score (nSPS) is 10.5. The lowest BCUT2D eigenvalue weighted by molar-refractivity contribution is -0.115. The predicted molar refractivity (Wildman–Crippen MR) is 120 cm³/mol. The Morgan fingerprint density at radius 3 is 2.06 bits per heavy atom. The van der Waals surface area contributed by atoms with E-state index >= 15 is 0 Å². The number of benzene rings is 3. The van der Waals surface area contributed by atoms with Crippen molar-refractivity contribution in [1.82, 2.24) is 9.97 Å². The Morgan fingerprint density at radius 2 is 1.44 bits per heavy atom. The number of hydrogen-bond donors (Lipinski definition) is 3. The van der Waals surface area contributed by atoms with Gasteiger partial charge in [0.05, 0.1) is 18.3 Å². The molecule has 32 heavy (non-hydrogen) atoms. The molecular weight excluding hydrogens is 408 g/mol. The molecule has 3 N–H and O–H groups in total. The maximum absolute atomic E-state index is 12.6. The molecular formula is C24H18N4O4. The minimum atomic E-state index is -0.296. The number of nitroso groups, excluding NO2 is 1. The van der Waals surface area contributed by atoms with E-state index in [9.17, 15) is 19.9 Å². The molecule has 3 aromatic carbocycles. The van der Waals surface area contributed by atoms with Crippen LogP contribution in [0.1, 0.15) is 5.56 Å². The first-order valence-electron chi connectivity index (χ1n) is 9.70. The zero-order chi connectivity index (χ0) is 22.5. The number of anilines is 1. The van der Waals surface area contributed by atoms with Crippen molar-refractivity contribution in [2.45, 2.75) is 6.42 Å². The van der Waals surface area contributed by atoms with Crippen molar-refractivity contribution in [3.05, 3.63) is 89.5 Å². The van der Waals surface area contributed by atoms with E-state index < -0.39 is 0 Å². The molecule has 0 aliphatic carbocycles. The van der Waals surface area contributed by atoms with Crippen LogP contribution in [0.4, 0.5) is 11.5 Å². The summed E-state index contributed by atoms with van der Waals surface area (Å²) in [5, 5.41) is 24.6. The maximum Gasteiger partial charge on any atom is 0.230 e. The van der Waals surface area contributed by atoms with E-state index in [4.69, 9.17) is 0 Å². The van der Waals surface area contributed by atoms with E-state index in [0.29, 0.717) is 17.0 Å². The Balaban J connectivity index is 1.68. The zero-order valence-corrected chi connectivity index (χ0v) is 16.8. The fourth-order valence-corrected chi connectivity index (χ4v) is 3.11.